The fraction of sp³-hybridized carbons (Fsp3) is 0.433. The first kappa shape index (κ1) is 28.9. The maximum absolute atomic E-state index is 14.0. The van der Waals surface area contributed by atoms with Crippen molar-refractivity contribution in [3.63, 3.8) is 0 Å². The molecule has 0 aliphatic carbocycles. The monoisotopic (exact) mass is 526 g/mol. The third kappa shape index (κ3) is 5.05. The van der Waals surface area contributed by atoms with Gasteiger partial charge in [-0.3, -0.25) is 4.79 Å². The number of carbonyl (C=O) groups excluding carboxylic acids is 1. The van der Waals surface area contributed by atoms with E-state index in [4.69, 9.17) is 33.2 Å². The van der Waals surface area contributed by atoms with E-state index in [0.717, 1.165) is 16.7 Å². The van der Waals surface area contributed by atoms with Gasteiger partial charge in [0.15, 0.2) is 35.6 Å². The highest BCUT2D eigenvalue weighted by Crippen LogP contribution is 2.53. The Kier molecular flexibility index (Phi) is 9.69. The summed E-state index contributed by atoms with van der Waals surface area (Å²) < 4.78 is 39.8. The lowest BCUT2D eigenvalue weighted by molar-refractivity contribution is 0.0510. The zero-order valence-electron chi connectivity index (χ0n) is 23.8. The van der Waals surface area contributed by atoms with Crippen LogP contribution in [0.1, 0.15) is 42.6 Å². The smallest absolute Gasteiger partial charge is 0.203 e. The molecule has 3 rings (SSSR count). The van der Waals surface area contributed by atoms with Crippen LogP contribution >= 0.6 is 0 Å². The van der Waals surface area contributed by atoms with E-state index in [9.17, 15) is 4.79 Å². The van der Waals surface area contributed by atoms with Crippen LogP contribution in [0.3, 0.4) is 0 Å². The summed E-state index contributed by atoms with van der Waals surface area (Å²) in [5, 5.41) is 1.35. The normalized spacial score (nSPS) is 11.0. The number of methoxy groups -OCH3 is 6. The predicted molar refractivity (Wildman–Crippen MR) is 148 cm³/mol. The van der Waals surface area contributed by atoms with Gasteiger partial charge in [-0.2, -0.15) is 0 Å². The summed E-state index contributed by atoms with van der Waals surface area (Å²) in [6.45, 7) is 5.93. The highest BCUT2D eigenvalue weighted by molar-refractivity contribution is 6.15. The Morgan fingerprint density at radius 3 is 1.92 bits per heavy atom. The van der Waals surface area contributed by atoms with Crippen molar-refractivity contribution in [1.82, 2.24) is 0 Å². The molecule has 0 saturated heterocycles. The predicted octanol–water partition coefficient (Wildman–Crippen LogP) is 6.46. The second-order valence-electron chi connectivity index (χ2n) is 8.77. The summed E-state index contributed by atoms with van der Waals surface area (Å²) in [4.78, 5) is 14.0. The number of fused-ring (bicyclic) bond motifs is 1. The Morgan fingerprint density at radius 2 is 1.39 bits per heavy atom. The van der Waals surface area contributed by atoms with Crippen molar-refractivity contribution in [2.24, 2.45) is 5.92 Å². The van der Waals surface area contributed by atoms with Crippen LogP contribution in [-0.2, 0) is 4.74 Å². The van der Waals surface area contributed by atoms with E-state index in [1.54, 1.807) is 42.7 Å². The molecule has 8 heteroatoms. The van der Waals surface area contributed by atoms with Crippen molar-refractivity contribution in [3.8, 4) is 45.6 Å². The number of carbonyl (C=O) groups is 1. The van der Waals surface area contributed by atoms with Gasteiger partial charge < -0.3 is 33.2 Å². The SMILES string of the molecule is CCC(CC)C(=O)c1c(C)c(-c2ccc(OC)c(OC)c2)c2c(OC)c(OC)c(OC)cc2c1OCOC. The molecule has 0 N–H and O–H groups in total. The number of benzene rings is 3. The molecule has 0 atom stereocenters. The Bertz CT molecular complexity index is 1290. The van der Waals surface area contributed by atoms with Crippen LogP contribution in [0.25, 0.3) is 21.9 Å². The number of Topliss-reactive ketones (excluding diaryl/α,β-unsaturated/α-hetero) is 1. The van der Waals surface area contributed by atoms with E-state index in [1.807, 2.05) is 45.0 Å². The Balaban J connectivity index is 2.63. The standard InChI is InChI=1S/C30H38O8/c1-10-18(11-2)27(31)25-17(3)24(19-12-13-21(33-5)22(14-19)34-6)26-20(28(25)38-16-32-4)15-23(35-7)29(36-8)30(26)37-9/h12-15,18H,10-11,16H2,1-9H3. The minimum Gasteiger partial charge on any atom is -0.493 e. The second kappa shape index (κ2) is 12.7. The number of hydrogen-bond donors (Lipinski definition) is 0. The first-order valence-corrected chi connectivity index (χ1v) is 12.5. The van der Waals surface area contributed by atoms with E-state index in [2.05, 4.69) is 0 Å². The van der Waals surface area contributed by atoms with Crippen LogP contribution in [0.2, 0.25) is 0 Å². The number of ketones is 1. The van der Waals surface area contributed by atoms with Gasteiger partial charge in [0.05, 0.1) is 41.1 Å². The van der Waals surface area contributed by atoms with E-state index in [0.29, 0.717) is 63.7 Å². The van der Waals surface area contributed by atoms with Gasteiger partial charge in [0.2, 0.25) is 5.75 Å². The van der Waals surface area contributed by atoms with Crippen LogP contribution in [-0.4, -0.2) is 55.2 Å². The van der Waals surface area contributed by atoms with Crippen molar-refractivity contribution in [2.45, 2.75) is 33.6 Å². The second-order valence-corrected chi connectivity index (χ2v) is 8.77. The largest absolute Gasteiger partial charge is 0.493 e. The summed E-state index contributed by atoms with van der Waals surface area (Å²) in [6.07, 6.45) is 1.41. The van der Waals surface area contributed by atoms with E-state index < -0.39 is 0 Å². The van der Waals surface area contributed by atoms with Crippen molar-refractivity contribution in [3.05, 3.63) is 35.4 Å². The average molecular weight is 527 g/mol. The van der Waals surface area contributed by atoms with Gasteiger partial charge in [-0.1, -0.05) is 19.9 Å². The minimum atomic E-state index is -0.170. The molecule has 206 valence electrons. The third-order valence-electron chi connectivity index (χ3n) is 6.90. The number of rotatable bonds is 13. The number of ether oxygens (including phenoxy) is 7. The molecular weight excluding hydrogens is 488 g/mol. The first-order valence-electron chi connectivity index (χ1n) is 12.5. The van der Waals surface area contributed by atoms with Crippen molar-refractivity contribution in [1.29, 1.82) is 0 Å². The van der Waals surface area contributed by atoms with Crippen LogP contribution in [0.4, 0.5) is 0 Å². The highest BCUT2D eigenvalue weighted by Gasteiger charge is 2.31. The lowest BCUT2D eigenvalue weighted by Gasteiger charge is -2.25. The molecule has 0 amide bonds. The van der Waals surface area contributed by atoms with Crippen molar-refractivity contribution >= 4 is 16.6 Å². The summed E-state index contributed by atoms with van der Waals surface area (Å²) in [7, 11) is 9.40. The first-order chi connectivity index (χ1) is 18.4. The van der Waals surface area contributed by atoms with Crippen molar-refractivity contribution in [2.75, 3.05) is 49.5 Å². The molecule has 0 fully saturated rings. The molecule has 0 aliphatic heterocycles. The zero-order chi connectivity index (χ0) is 28.0. The quantitative estimate of drug-likeness (QED) is 0.185. The maximum Gasteiger partial charge on any atom is 0.203 e. The van der Waals surface area contributed by atoms with E-state index >= 15 is 0 Å². The molecule has 0 aromatic heterocycles. The van der Waals surface area contributed by atoms with Crippen LogP contribution in [0.15, 0.2) is 24.3 Å². The zero-order valence-corrected chi connectivity index (χ0v) is 23.8. The maximum atomic E-state index is 14.0. The molecule has 0 unspecified atom stereocenters. The van der Waals surface area contributed by atoms with Gasteiger partial charge in [0.25, 0.3) is 0 Å². The lowest BCUT2D eigenvalue weighted by Crippen LogP contribution is -2.17. The Morgan fingerprint density at radius 1 is 0.763 bits per heavy atom. The average Bonchev–Trinajstić information content (AvgIpc) is 2.94. The molecule has 38 heavy (non-hydrogen) atoms. The molecule has 0 bridgehead atoms. The molecule has 3 aromatic carbocycles. The van der Waals surface area contributed by atoms with Gasteiger partial charge in [-0.05, 0) is 54.7 Å². The Labute approximate surface area is 224 Å². The van der Waals surface area contributed by atoms with E-state index in [-0.39, 0.29) is 18.5 Å². The molecule has 3 aromatic rings. The fourth-order valence-corrected chi connectivity index (χ4v) is 4.98. The summed E-state index contributed by atoms with van der Waals surface area (Å²) >= 11 is 0. The van der Waals surface area contributed by atoms with Crippen LogP contribution < -0.4 is 28.4 Å². The molecule has 8 nitrogen and oxygen atoms in total. The van der Waals surface area contributed by atoms with Crippen LogP contribution in [0, 0.1) is 12.8 Å². The molecule has 0 heterocycles. The van der Waals surface area contributed by atoms with E-state index in [1.165, 1.54) is 0 Å². The van der Waals surface area contributed by atoms with Gasteiger partial charge in [-0.25, -0.2) is 0 Å². The van der Waals surface area contributed by atoms with Crippen LogP contribution in [0.5, 0.6) is 34.5 Å². The molecular formula is C30H38O8. The summed E-state index contributed by atoms with van der Waals surface area (Å²) in [5.41, 5.74) is 2.85. The van der Waals surface area contributed by atoms with Gasteiger partial charge in [0.1, 0.15) is 5.75 Å². The molecule has 0 aliphatic rings. The number of hydrogen-bond acceptors (Lipinski definition) is 8. The third-order valence-corrected chi connectivity index (χ3v) is 6.90. The molecule has 0 saturated carbocycles. The summed E-state index contributed by atoms with van der Waals surface area (Å²) in [5.74, 6) is 2.75. The lowest BCUT2D eigenvalue weighted by atomic mass is 9.83. The van der Waals surface area contributed by atoms with Gasteiger partial charge in [-0.15, -0.1) is 0 Å². The summed E-state index contributed by atoms with van der Waals surface area (Å²) in [6, 6.07) is 7.47. The topological polar surface area (TPSA) is 81.7 Å². The minimum absolute atomic E-state index is 0.0102. The molecule has 0 radical (unpaired) electrons. The fourth-order valence-electron chi connectivity index (χ4n) is 4.98. The van der Waals surface area contributed by atoms with Gasteiger partial charge in [0, 0.05) is 23.8 Å². The van der Waals surface area contributed by atoms with Crippen molar-refractivity contribution < 1.29 is 38.0 Å². The van der Waals surface area contributed by atoms with Gasteiger partial charge >= 0.3 is 0 Å². The highest BCUT2D eigenvalue weighted by atomic mass is 16.7. The molecule has 0 spiro atoms. The Hall–Kier alpha value is -3.65.